The molecule has 0 atom stereocenters. The molecule has 3 rings (SSSR count). The third kappa shape index (κ3) is 2.15. The van der Waals surface area contributed by atoms with Crippen LogP contribution in [0, 0.1) is 11.3 Å². The molecule has 0 saturated carbocycles. The van der Waals surface area contributed by atoms with Gasteiger partial charge >= 0.3 is 0 Å². The Morgan fingerprint density at radius 1 is 1.20 bits per heavy atom. The summed E-state index contributed by atoms with van der Waals surface area (Å²) in [6, 6.07) is 11.7. The summed E-state index contributed by atoms with van der Waals surface area (Å²) in [6.07, 6.45) is 3.31. The van der Waals surface area contributed by atoms with Crippen LogP contribution in [0.4, 0.5) is 0 Å². The smallest absolute Gasteiger partial charge is 0.102 e. The molecule has 4 nitrogen and oxygen atoms in total. The normalized spacial score (nSPS) is 14.3. The number of allylic oxidation sites excluding steroid dienone is 1. The minimum atomic E-state index is 0.442. The van der Waals surface area contributed by atoms with E-state index >= 15 is 0 Å². The van der Waals surface area contributed by atoms with Gasteiger partial charge in [0.15, 0.2) is 0 Å². The first-order valence-corrected chi connectivity index (χ1v) is 6.30. The Labute approximate surface area is 117 Å². The summed E-state index contributed by atoms with van der Waals surface area (Å²) in [4.78, 5) is 4.03. The highest BCUT2D eigenvalue weighted by atomic mass is 16.5. The highest BCUT2D eigenvalue weighted by Gasteiger charge is 2.14. The number of nitrogens with two attached hydrogens (primary N) is 1. The van der Waals surface area contributed by atoms with Crippen LogP contribution in [0.1, 0.15) is 22.3 Å². The first kappa shape index (κ1) is 12.4. The van der Waals surface area contributed by atoms with Crippen LogP contribution in [0.2, 0.25) is 0 Å². The Kier molecular flexibility index (Phi) is 3.20. The zero-order valence-corrected chi connectivity index (χ0v) is 10.8. The molecule has 0 bridgehead atoms. The number of nitrogens with zero attached hydrogens (tertiary/aromatic N) is 2. The summed E-state index contributed by atoms with van der Waals surface area (Å²) in [5.41, 5.74) is 11.0. The molecule has 0 radical (unpaired) electrons. The van der Waals surface area contributed by atoms with Crippen LogP contribution in [-0.2, 0) is 18.0 Å². The van der Waals surface area contributed by atoms with Crippen molar-refractivity contribution in [2.75, 3.05) is 0 Å². The molecular formula is C16H13N3O. The number of rotatable bonds is 2. The van der Waals surface area contributed by atoms with Crippen molar-refractivity contribution in [2.45, 2.75) is 13.2 Å². The number of aromatic nitrogens is 1. The summed E-state index contributed by atoms with van der Waals surface area (Å²) in [7, 11) is 0. The number of nitriles is 1. The zero-order chi connectivity index (χ0) is 13.9. The maximum absolute atomic E-state index is 9.36. The number of hydrogen-bond acceptors (Lipinski definition) is 4. The third-order valence-electron chi connectivity index (χ3n) is 3.36. The molecule has 2 N–H and O–H groups in total. The zero-order valence-electron chi connectivity index (χ0n) is 10.8. The van der Waals surface area contributed by atoms with Crippen LogP contribution in [0.25, 0.3) is 11.3 Å². The minimum Gasteiger partial charge on any atom is -0.397 e. The molecule has 2 aromatic rings. The fourth-order valence-electron chi connectivity index (χ4n) is 2.27. The maximum Gasteiger partial charge on any atom is 0.102 e. The summed E-state index contributed by atoms with van der Waals surface area (Å²) in [6.45, 7) is 1.25. The lowest BCUT2D eigenvalue weighted by molar-refractivity contribution is 0.134. The summed E-state index contributed by atoms with van der Waals surface area (Å²) in [5, 5.41) is 9.36. The molecule has 0 fully saturated rings. The molecule has 2 heterocycles. The van der Waals surface area contributed by atoms with E-state index < -0.39 is 0 Å². The van der Waals surface area contributed by atoms with Crippen LogP contribution in [0.5, 0.6) is 0 Å². The fraction of sp³-hybridized carbons (Fsp3) is 0.125. The van der Waals surface area contributed by atoms with E-state index in [4.69, 9.17) is 10.5 Å². The average molecular weight is 263 g/mol. The molecule has 4 heteroatoms. The molecule has 0 amide bonds. The van der Waals surface area contributed by atoms with Crippen LogP contribution in [-0.4, -0.2) is 4.98 Å². The van der Waals surface area contributed by atoms with Crippen molar-refractivity contribution in [1.82, 2.24) is 4.98 Å². The van der Waals surface area contributed by atoms with Crippen molar-refractivity contribution in [1.29, 1.82) is 5.26 Å². The first-order chi connectivity index (χ1) is 9.79. The van der Waals surface area contributed by atoms with Gasteiger partial charge in [-0.2, -0.15) is 5.26 Å². The quantitative estimate of drug-likeness (QED) is 0.845. The van der Waals surface area contributed by atoms with Gasteiger partial charge in [-0.15, -0.1) is 0 Å². The lowest BCUT2D eigenvalue weighted by atomic mass is 9.99. The van der Waals surface area contributed by atoms with E-state index in [0.29, 0.717) is 24.5 Å². The van der Waals surface area contributed by atoms with Crippen molar-refractivity contribution >= 4 is 11.3 Å². The molecule has 0 saturated heterocycles. The molecule has 0 unspecified atom stereocenters. The monoisotopic (exact) mass is 263 g/mol. The van der Waals surface area contributed by atoms with Gasteiger partial charge in [-0.1, -0.05) is 18.2 Å². The second-order valence-electron chi connectivity index (χ2n) is 4.62. The Bertz CT molecular complexity index is 714. The first-order valence-electron chi connectivity index (χ1n) is 6.30. The van der Waals surface area contributed by atoms with Gasteiger partial charge in [0.1, 0.15) is 6.07 Å². The second kappa shape index (κ2) is 5.16. The molecule has 98 valence electrons. The van der Waals surface area contributed by atoms with E-state index in [0.717, 1.165) is 16.7 Å². The highest BCUT2D eigenvalue weighted by molar-refractivity contribution is 5.95. The summed E-state index contributed by atoms with van der Waals surface area (Å²) < 4.78 is 5.39. The predicted molar refractivity (Wildman–Crippen MR) is 75.8 cm³/mol. The van der Waals surface area contributed by atoms with Gasteiger partial charge < -0.3 is 10.5 Å². The largest absolute Gasteiger partial charge is 0.397 e. The summed E-state index contributed by atoms with van der Waals surface area (Å²) >= 11 is 0. The van der Waals surface area contributed by atoms with E-state index in [1.807, 2.05) is 24.3 Å². The van der Waals surface area contributed by atoms with Gasteiger partial charge in [-0.05, 0) is 28.8 Å². The van der Waals surface area contributed by atoms with Crippen molar-refractivity contribution in [3.05, 3.63) is 65.0 Å². The highest BCUT2D eigenvalue weighted by Crippen LogP contribution is 2.26. The Balaban J connectivity index is 2.08. The lowest BCUT2D eigenvalue weighted by Crippen LogP contribution is -2.02. The maximum atomic E-state index is 9.36. The number of pyridine rings is 1. The molecule has 0 aliphatic carbocycles. The van der Waals surface area contributed by atoms with Crippen LogP contribution < -0.4 is 5.73 Å². The molecular weight excluding hydrogens is 250 g/mol. The SMILES string of the molecule is N#C/C(=C(/N)c1ccc2c(c1)COC2)c1cccnc1. The lowest BCUT2D eigenvalue weighted by Gasteiger charge is -2.07. The van der Waals surface area contributed by atoms with E-state index in [1.54, 1.807) is 18.5 Å². The Hall–Kier alpha value is -2.64. The van der Waals surface area contributed by atoms with Gasteiger partial charge in [0, 0.05) is 18.0 Å². The van der Waals surface area contributed by atoms with E-state index in [9.17, 15) is 5.26 Å². The van der Waals surface area contributed by atoms with Crippen molar-refractivity contribution in [2.24, 2.45) is 5.73 Å². The van der Waals surface area contributed by atoms with Gasteiger partial charge in [0.25, 0.3) is 0 Å². The number of benzene rings is 1. The van der Waals surface area contributed by atoms with E-state index in [-0.39, 0.29) is 0 Å². The molecule has 1 aliphatic heterocycles. The summed E-state index contributed by atoms with van der Waals surface area (Å²) in [5.74, 6) is 0. The van der Waals surface area contributed by atoms with Crippen molar-refractivity contribution < 1.29 is 4.74 Å². The fourth-order valence-corrected chi connectivity index (χ4v) is 2.27. The molecule has 20 heavy (non-hydrogen) atoms. The van der Waals surface area contributed by atoms with E-state index in [2.05, 4.69) is 11.1 Å². The van der Waals surface area contributed by atoms with Crippen molar-refractivity contribution in [3.63, 3.8) is 0 Å². The number of hydrogen-bond donors (Lipinski definition) is 1. The molecule has 1 aromatic heterocycles. The third-order valence-corrected chi connectivity index (χ3v) is 3.36. The van der Waals surface area contributed by atoms with Gasteiger partial charge in [-0.3, -0.25) is 4.98 Å². The second-order valence-corrected chi connectivity index (χ2v) is 4.62. The molecule has 1 aliphatic rings. The topological polar surface area (TPSA) is 71.9 Å². The predicted octanol–water partition coefficient (Wildman–Crippen LogP) is 2.46. The van der Waals surface area contributed by atoms with Gasteiger partial charge in [-0.25, -0.2) is 0 Å². The van der Waals surface area contributed by atoms with Crippen molar-refractivity contribution in [3.8, 4) is 6.07 Å². The Morgan fingerprint density at radius 3 is 2.80 bits per heavy atom. The molecule has 0 spiro atoms. The standard InChI is InChI=1S/C16H13N3O/c17-7-15(12-2-1-5-19-8-12)16(18)11-3-4-13-9-20-10-14(13)6-11/h1-6,8H,9-10,18H2/b16-15-. The van der Waals surface area contributed by atoms with Gasteiger partial charge in [0.2, 0.25) is 0 Å². The Morgan fingerprint density at radius 2 is 2.05 bits per heavy atom. The van der Waals surface area contributed by atoms with Gasteiger partial charge in [0.05, 0.1) is 24.5 Å². The average Bonchev–Trinajstić information content (AvgIpc) is 2.96. The molecule has 1 aromatic carbocycles. The number of ether oxygens (including phenoxy) is 1. The number of fused-ring (bicyclic) bond motifs is 1. The van der Waals surface area contributed by atoms with Crippen LogP contribution >= 0.6 is 0 Å². The minimum absolute atomic E-state index is 0.442. The van der Waals surface area contributed by atoms with Crippen LogP contribution in [0.15, 0.2) is 42.7 Å². The van der Waals surface area contributed by atoms with Crippen LogP contribution in [0.3, 0.4) is 0 Å². The van der Waals surface area contributed by atoms with E-state index in [1.165, 1.54) is 5.56 Å².